The van der Waals surface area contributed by atoms with Gasteiger partial charge in [0.2, 0.25) is 5.91 Å². The number of anilines is 1. The molecule has 0 atom stereocenters. The topological polar surface area (TPSA) is 73.6 Å². The normalized spacial score (nSPS) is 25.0. The summed E-state index contributed by atoms with van der Waals surface area (Å²) in [7, 11) is 0. The first-order valence-electron chi connectivity index (χ1n) is 7.68. The van der Waals surface area contributed by atoms with Crippen molar-refractivity contribution in [3.05, 3.63) is 18.2 Å². The molecule has 1 aromatic carbocycles. The SMILES string of the molecule is NC1CCC(C(=O)Nc2ccc3c(c2)OCCCO3)CC1. The highest BCUT2D eigenvalue weighted by Gasteiger charge is 2.24. The summed E-state index contributed by atoms with van der Waals surface area (Å²) in [5, 5.41) is 2.98. The Balaban J connectivity index is 1.64. The minimum atomic E-state index is 0.0702. The Morgan fingerprint density at radius 1 is 1.10 bits per heavy atom. The van der Waals surface area contributed by atoms with E-state index in [1.807, 2.05) is 18.2 Å². The summed E-state index contributed by atoms with van der Waals surface area (Å²) in [6.07, 6.45) is 4.48. The summed E-state index contributed by atoms with van der Waals surface area (Å²) in [5.74, 6) is 1.60. The number of hydrogen-bond donors (Lipinski definition) is 2. The summed E-state index contributed by atoms with van der Waals surface area (Å²) in [6, 6.07) is 5.81. The van der Waals surface area contributed by atoms with Crippen molar-refractivity contribution in [3.63, 3.8) is 0 Å². The molecular weight excluding hydrogens is 268 g/mol. The molecule has 0 unspecified atom stereocenters. The highest BCUT2D eigenvalue weighted by molar-refractivity contribution is 5.92. The number of carbonyl (C=O) groups is 1. The Morgan fingerprint density at radius 2 is 1.81 bits per heavy atom. The molecule has 1 amide bonds. The van der Waals surface area contributed by atoms with E-state index >= 15 is 0 Å². The van der Waals surface area contributed by atoms with Gasteiger partial charge in [0.15, 0.2) is 11.5 Å². The van der Waals surface area contributed by atoms with E-state index in [2.05, 4.69) is 5.32 Å². The van der Waals surface area contributed by atoms with Gasteiger partial charge in [-0.25, -0.2) is 0 Å². The van der Waals surface area contributed by atoms with Crippen LogP contribution in [0.2, 0.25) is 0 Å². The molecular formula is C16H22N2O3. The van der Waals surface area contributed by atoms with Gasteiger partial charge in [-0.05, 0) is 37.8 Å². The third-order valence-corrected chi connectivity index (χ3v) is 4.16. The number of nitrogens with two attached hydrogens (primary N) is 1. The number of ether oxygens (including phenoxy) is 2. The first-order chi connectivity index (χ1) is 10.2. The van der Waals surface area contributed by atoms with Gasteiger partial charge in [0.1, 0.15) is 0 Å². The van der Waals surface area contributed by atoms with Crippen LogP contribution < -0.4 is 20.5 Å². The van der Waals surface area contributed by atoms with Crippen LogP contribution in [0.5, 0.6) is 11.5 Å². The highest BCUT2D eigenvalue weighted by Crippen LogP contribution is 2.33. The average Bonchev–Trinajstić information content (AvgIpc) is 2.72. The van der Waals surface area contributed by atoms with Crippen molar-refractivity contribution in [1.82, 2.24) is 0 Å². The summed E-state index contributed by atoms with van der Waals surface area (Å²) in [5.41, 5.74) is 6.64. The molecule has 1 fully saturated rings. The van der Waals surface area contributed by atoms with Crippen molar-refractivity contribution in [2.45, 2.75) is 38.1 Å². The highest BCUT2D eigenvalue weighted by atomic mass is 16.5. The molecule has 0 saturated heterocycles. The van der Waals surface area contributed by atoms with Gasteiger partial charge in [0.25, 0.3) is 0 Å². The Morgan fingerprint density at radius 3 is 2.57 bits per heavy atom. The van der Waals surface area contributed by atoms with Crippen LogP contribution in [-0.4, -0.2) is 25.2 Å². The number of benzene rings is 1. The fraction of sp³-hybridized carbons (Fsp3) is 0.562. The average molecular weight is 290 g/mol. The second-order valence-electron chi connectivity index (χ2n) is 5.81. The lowest BCUT2D eigenvalue weighted by atomic mass is 9.86. The maximum Gasteiger partial charge on any atom is 0.227 e. The Hall–Kier alpha value is -1.75. The zero-order valence-corrected chi connectivity index (χ0v) is 12.1. The van der Waals surface area contributed by atoms with Crippen LogP contribution in [0, 0.1) is 5.92 Å². The lowest BCUT2D eigenvalue weighted by Crippen LogP contribution is -2.32. The zero-order valence-electron chi connectivity index (χ0n) is 12.1. The van der Waals surface area contributed by atoms with E-state index in [0.29, 0.717) is 19.0 Å². The maximum absolute atomic E-state index is 12.3. The van der Waals surface area contributed by atoms with Gasteiger partial charge in [0.05, 0.1) is 13.2 Å². The van der Waals surface area contributed by atoms with Gasteiger partial charge >= 0.3 is 0 Å². The number of nitrogens with one attached hydrogen (secondary N) is 1. The molecule has 114 valence electrons. The molecule has 1 aromatic rings. The number of amides is 1. The quantitative estimate of drug-likeness (QED) is 0.876. The third-order valence-electron chi connectivity index (χ3n) is 4.16. The minimum absolute atomic E-state index is 0.0702. The van der Waals surface area contributed by atoms with Crippen molar-refractivity contribution in [2.24, 2.45) is 11.7 Å². The second kappa shape index (κ2) is 6.35. The second-order valence-corrected chi connectivity index (χ2v) is 5.81. The first kappa shape index (κ1) is 14.2. The number of carbonyl (C=O) groups excluding carboxylic acids is 1. The van der Waals surface area contributed by atoms with Crippen LogP contribution in [0.1, 0.15) is 32.1 Å². The molecule has 3 rings (SSSR count). The van der Waals surface area contributed by atoms with Gasteiger partial charge in [-0.3, -0.25) is 4.79 Å². The largest absolute Gasteiger partial charge is 0.490 e. The van der Waals surface area contributed by atoms with E-state index in [4.69, 9.17) is 15.2 Å². The molecule has 5 nitrogen and oxygen atoms in total. The number of hydrogen-bond acceptors (Lipinski definition) is 4. The predicted octanol–water partition coefficient (Wildman–Crippen LogP) is 2.30. The summed E-state index contributed by atoms with van der Waals surface area (Å²) < 4.78 is 11.2. The molecule has 0 bridgehead atoms. The van der Waals surface area contributed by atoms with Gasteiger partial charge in [-0.2, -0.15) is 0 Å². The fourth-order valence-electron chi connectivity index (χ4n) is 2.87. The molecule has 0 radical (unpaired) electrons. The first-order valence-corrected chi connectivity index (χ1v) is 7.68. The van der Waals surface area contributed by atoms with E-state index in [9.17, 15) is 4.79 Å². The molecule has 1 aliphatic heterocycles. The van der Waals surface area contributed by atoms with E-state index in [1.54, 1.807) is 0 Å². The number of rotatable bonds is 2. The summed E-state index contributed by atoms with van der Waals surface area (Å²) >= 11 is 0. The maximum atomic E-state index is 12.3. The van der Waals surface area contributed by atoms with Crippen LogP contribution in [0.3, 0.4) is 0 Å². The lowest BCUT2D eigenvalue weighted by molar-refractivity contribution is -0.120. The van der Waals surface area contributed by atoms with Gasteiger partial charge < -0.3 is 20.5 Å². The van der Waals surface area contributed by atoms with Gasteiger partial charge in [0, 0.05) is 30.1 Å². The van der Waals surface area contributed by atoms with E-state index < -0.39 is 0 Å². The monoisotopic (exact) mass is 290 g/mol. The molecule has 2 aliphatic rings. The van der Waals surface area contributed by atoms with Crippen LogP contribution in [0.15, 0.2) is 18.2 Å². The van der Waals surface area contributed by atoms with Gasteiger partial charge in [-0.15, -0.1) is 0 Å². The molecule has 1 saturated carbocycles. The molecule has 1 heterocycles. The van der Waals surface area contributed by atoms with Crippen molar-refractivity contribution in [3.8, 4) is 11.5 Å². The van der Waals surface area contributed by atoms with E-state index in [0.717, 1.165) is 43.5 Å². The Kier molecular flexibility index (Phi) is 4.29. The Labute approximate surface area is 124 Å². The lowest BCUT2D eigenvalue weighted by Gasteiger charge is -2.25. The molecule has 1 aliphatic carbocycles. The Bertz CT molecular complexity index is 510. The zero-order chi connectivity index (χ0) is 14.7. The minimum Gasteiger partial charge on any atom is -0.490 e. The molecule has 3 N–H and O–H groups in total. The van der Waals surface area contributed by atoms with Crippen molar-refractivity contribution in [1.29, 1.82) is 0 Å². The third kappa shape index (κ3) is 3.47. The standard InChI is InChI=1S/C16H22N2O3/c17-12-4-2-11(3-5-12)16(19)18-13-6-7-14-15(10-13)21-9-1-8-20-14/h6-7,10-12H,1-5,8-9,17H2,(H,18,19). The van der Waals surface area contributed by atoms with Crippen LogP contribution in [-0.2, 0) is 4.79 Å². The van der Waals surface area contributed by atoms with Crippen molar-refractivity contribution < 1.29 is 14.3 Å². The van der Waals surface area contributed by atoms with Crippen molar-refractivity contribution >= 4 is 11.6 Å². The smallest absolute Gasteiger partial charge is 0.227 e. The molecule has 0 spiro atoms. The van der Waals surface area contributed by atoms with Gasteiger partial charge in [-0.1, -0.05) is 0 Å². The van der Waals surface area contributed by atoms with Crippen LogP contribution in [0.25, 0.3) is 0 Å². The van der Waals surface area contributed by atoms with Crippen molar-refractivity contribution in [2.75, 3.05) is 18.5 Å². The fourth-order valence-corrected chi connectivity index (χ4v) is 2.87. The molecule has 0 aromatic heterocycles. The summed E-state index contributed by atoms with van der Waals surface area (Å²) in [4.78, 5) is 12.3. The van der Waals surface area contributed by atoms with Crippen LogP contribution in [0.4, 0.5) is 5.69 Å². The molecule has 5 heteroatoms. The van der Waals surface area contributed by atoms with E-state index in [-0.39, 0.29) is 17.9 Å². The summed E-state index contributed by atoms with van der Waals surface area (Å²) in [6.45, 7) is 1.31. The van der Waals surface area contributed by atoms with Crippen LogP contribution >= 0.6 is 0 Å². The number of fused-ring (bicyclic) bond motifs is 1. The van der Waals surface area contributed by atoms with E-state index in [1.165, 1.54) is 0 Å². The molecule has 21 heavy (non-hydrogen) atoms. The predicted molar refractivity (Wildman–Crippen MR) is 80.6 cm³/mol.